The fraction of sp³-hybridized carbons (Fsp3) is 0.571. The van der Waals surface area contributed by atoms with Crippen LogP contribution in [0.15, 0.2) is 15.0 Å². The van der Waals surface area contributed by atoms with Crippen LogP contribution in [0.5, 0.6) is 0 Å². The second-order valence-corrected chi connectivity index (χ2v) is 5.23. The zero-order valence-electron chi connectivity index (χ0n) is 12.1. The SMILES string of the molecule is CCc1oc(-c2nc(C3CNCCN3C)no2)cc1C. The van der Waals surface area contributed by atoms with E-state index in [0.717, 1.165) is 37.4 Å². The summed E-state index contributed by atoms with van der Waals surface area (Å²) in [5.74, 6) is 2.80. The first-order valence-corrected chi connectivity index (χ1v) is 7.03. The summed E-state index contributed by atoms with van der Waals surface area (Å²) in [4.78, 5) is 6.72. The number of nitrogens with one attached hydrogen (secondary N) is 1. The number of piperazine rings is 1. The normalized spacial score (nSPS) is 20.4. The van der Waals surface area contributed by atoms with Crippen molar-refractivity contribution in [3.05, 3.63) is 23.2 Å². The molecule has 3 rings (SSSR count). The van der Waals surface area contributed by atoms with Crippen molar-refractivity contribution >= 4 is 0 Å². The minimum Gasteiger partial charge on any atom is -0.456 e. The average molecular weight is 276 g/mol. The number of hydrogen-bond acceptors (Lipinski definition) is 6. The van der Waals surface area contributed by atoms with Crippen molar-refractivity contribution in [3.8, 4) is 11.7 Å². The van der Waals surface area contributed by atoms with Gasteiger partial charge in [-0.3, -0.25) is 4.90 Å². The number of aryl methyl sites for hydroxylation is 2. The molecular weight excluding hydrogens is 256 g/mol. The summed E-state index contributed by atoms with van der Waals surface area (Å²) in [6.45, 7) is 6.91. The molecule has 1 saturated heterocycles. The van der Waals surface area contributed by atoms with Gasteiger partial charge in [0.15, 0.2) is 11.6 Å². The van der Waals surface area contributed by atoms with Crippen LogP contribution in [0.25, 0.3) is 11.7 Å². The molecule has 1 aliphatic heterocycles. The molecule has 1 N–H and O–H groups in total. The highest BCUT2D eigenvalue weighted by atomic mass is 16.5. The number of aromatic nitrogens is 2. The Hall–Kier alpha value is -1.66. The Morgan fingerprint density at radius 1 is 1.50 bits per heavy atom. The molecule has 2 aromatic heterocycles. The Balaban J connectivity index is 1.85. The van der Waals surface area contributed by atoms with Crippen molar-refractivity contribution in [1.29, 1.82) is 0 Å². The summed E-state index contributed by atoms with van der Waals surface area (Å²) in [6, 6.07) is 2.11. The molecule has 0 amide bonds. The largest absolute Gasteiger partial charge is 0.456 e. The van der Waals surface area contributed by atoms with Gasteiger partial charge in [0.2, 0.25) is 0 Å². The Bertz CT molecular complexity index is 590. The smallest absolute Gasteiger partial charge is 0.293 e. The van der Waals surface area contributed by atoms with Gasteiger partial charge in [-0.15, -0.1) is 0 Å². The predicted molar refractivity (Wildman–Crippen MR) is 74.4 cm³/mol. The van der Waals surface area contributed by atoms with Crippen LogP contribution in [0.4, 0.5) is 0 Å². The van der Waals surface area contributed by atoms with Gasteiger partial charge in [-0.25, -0.2) is 0 Å². The molecule has 3 heterocycles. The van der Waals surface area contributed by atoms with Crippen molar-refractivity contribution in [2.24, 2.45) is 0 Å². The predicted octanol–water partition coefficient (Wildman–Crippen LogP) is 1.78. The second-order valence-electron chi connectivity index (χ2n) is 5.23. The van der Waals surface area contributed by atoms with Gasteiger partial charge in [0.25, 0.3) is 5.89 Å². The number of hydrogen-bond donors (Lipinski definition) is 1. The van der Waals surface area contributed by atoms with E-state index in [9.17, 15) is 0 Å². The zero-order chi connectivity index (χ0) is 14.1. The first-order valence-electron chi connectivity index (χ1n) is 7.03. The van der Waals surface area contributed by atoms with Gasteiger partial charge in [-0.2, -0.15) is 4.98 Å². The molecule has 6 nitrogen and oxygen atoms in total. The summed E-state index contributed by atoms with van der Waals surface area (Å²) >= 11 is 0. The van der Waals surface area contributed by atoms with Crippen LogP contribution < -0.4 is 5.32 Å². The van der Waals surface area contributed by atoms with Gasteiger partial charge in [0.05, 0.1) is 6.04 Å². The quantitative estimate of drug-likeness (QED) is 0.921. The van der Waals surface area contributed by atoms with Crippen LogP contribution >= 0.6 is 0 Å². The van der Waals surface area contributed by atoms with E-state index in [1.54, 1.807) is 0 Å². The van der Waals surface area contributed by atoms with Gasteiger partial charge in [0.1, 0.15) is 5.76 Å². The molecule has 20 heavy (non-hydrogen) atoms. The Kier molecular flexibility index (Phi) is 3.58. The molecule has 108 valence electrons. The van der Waals surface area contributed by atoms with Gasteiger partial charge >= 0.3 is 0 Å². The Labute approximate surface area is 118 Å². The van der Waals surface area contributed by atoms with Crippen molar-refractivity contribution in [3.63, 3.8) is 0 Å². The standard InChI is InChI=1S/C14H20N4O2/c1-4-11-9(2)7-12(19-11)14-16-13(17-20-14)10-8-15-5-6-18(10)3/h7,10,15H,4-6,8H2,1-3H3. The lowest BCUT2D eigenvalue weighted by Crippen LogP contribution is -2.44. The Morgan fingerprint density at radius 3 is 3.05 bits per heavy atom. The fourth-order valence-corrected chi connectivity index (χ4v) is 2.54. The highest BCUT2D eigenvalue weighted by molar-refractivity contribution is 5.47. The van der Waals surface area contributed by atoms with Gasteiger partial charge in [-0.1, -0.05) is 12.1 Å². The third kappa shape index (κ3) is 2.36. The van der Waals surface area contributed by atoms with Crippen molar-refractivity contribution in [2.75, 3.05) is 26.7 Å². The average Bonchev–Trinajstić information content (AvgIpc) is 3.05. The lowest BCUT2D eigenvalue weighted by Gasteiger charge is -2.30. The van der Waals surface area contributed by atoms with E-state index in [2.05, 4.69) is 34.3 Å². The van der Waals surface area contributed by atoms with Gasteiger partial charge in [-0.05, 0) is 25.6 Å². The van der Waals surface area contributed by atoms with Crippen LogP contribution in [0.1, 0.15) is 30.1 Å². The molecule has 0 bridgehead atoms. The zero-order valence-corrected chi connectivity index (χ0v) is 12.1. The third-order valence-electron chi connectivity index (χ3n) is 3.80. The summed E-state index contributed by atoms with van der Waals surface area (Å²) in [7, 11) is 2.08. The lowest BCUT2D eigenvalue weighted by atomic mass is 10.2. The van der Waals surface area contributed by atoms with Crippen LogP contribution in [-0.4, -0.2) is 41.7 Å². The second kappa shape index (κ2) is 5.38. The summed E-state index contributed by atoms with van der Waals surface area (Å²) in [6.07, 6.45) is 0.863. The van der Waals surface area contributed by atoms with Gasteiger partial charge < -0.3 is 14.3 Å². The molecule has 0 aromatic carbocycles. The van der Waals surface area contributed by atoms with Crippen LogP contribution in [-0.2, 0) is 6.42 Å². The number of likely N-dealkylation sites (N-methyl/N-ethyl adjacent to an activating group) is 1. The van der Waals surface area contributed by atoms with Crippen molar-refractivity contribution in [1.82, 2.24) is 20.4 Å². The Morgan fingerprint density at radius 2 is 2.35 bits per heavy atom. The maximum atomic E-state index is 5.75. The lowest BCUT2D eigenvalue weighted by molar-refractivity contribution is 0.190. The molecule has 0 aliphatic carbocycles. The molecule has 6 heteroatoms. The number of furan rings is 1. The summed E-state index contributed by atoms with van der Waals surface area (Å²) < 4.78 is 11.1. The van der Waals surface area contributed by atoms with E-state index in [0.29, 0.717) is 17.5 Å². The highest BCUT2D eigenvalue weighted by Crippen LogP contribution is 2.26. The van der Waals surface area contributed by atoms with E-state index in [1.807, 2.05) is 13.0 Å². The van der Waals surface area contributed by atoms with E-state index in [-0.39, 0.29) is 6.04 Å². The molecule has 1 aliphatic rings. The first-order chi connectivity index (χ1) is 9.69. The monoisotopic (exact) mass is 276 g/mol. The van der Waals surface area contributed by atoms with E-state index in [4.69, 9.17) is 8.94 Å². The summed E-state index contributed by atoms with van der Waals surface area (Å²) in [5.41, 5.74) is 1.12. The minimum absolute atomic E-state index is 0.156. The third-order valence-corrected chi connectivity index (χ3v) is 3.80. The first kappa shape index (κ1) is 13.3. The van der Waals surface area contributed by atoms with Crippen molar-refractivity contribution < 1.29 is 8.94 Å². The maximum Gasteiger partial charge on any atom is 0.293 e. The molecule has 1 atom stereocenters. The van der Waals surface area contributed by atoms with E-state index >= 15 is 0 Å². The molecule has 0 radical (unpaired) electrons. The van der Waals surface area contributed by atoms with E-state index < -0.39 is 0 Å². The maximum absolute atomic E-state index is 5.75. The number of rotatable bonds is 3. The molecule has 1 fully saturated rings. The molecule has 0 spiro atoms. The molecule has 2 aromatic rings. The topological polar surface area (TPSA) is 67.3 Å². The minimum atomic E-state index is 0.156. The fourth-order valence-electron chi connectivity index (χ4n) is 2.54. The van der Waals surface area contributed by atoms with Crippen LogP contribution in [0.3, 0.4) is 0 Å². The number of nitrogens with zero attached hydrogens (tertiary/aromatic N) is 3. The molecule has 1 unspecified atom stereocenters. The summed E-state index contributed by atoms with van der Waals surface area (Å²) in [5, 5.41) is 7.45. The van der Waals surface area contributed by atoms with E-state index in [1.165, 1.54) is 0 Å². The highest BCUT2D eigenvalue weighted by Gasteiger charge is 2.26. The molecular formula is C14H20N4O2. The van der Waals surface area contributed by atoms with Gasteiger partial charge in [0, 0.05) is 26.1 Å². The molecule has 0 saturated carbocycles. The van der Waals surface area contributed by atoms with Crippen LogP contribution in [0, 0.1) is 6.92 Å². The van der Waals surface area contributed by atoms with Crippen molar-refractivity contribution in [2.45, 2.75) is 26.3 Å². The van der Waals surface area contributed by atoms with Crippen LogP contribution in [0.2, 0.25) is 0 Å².